The Bertz CT molecular complexity index is 386. The van der Waals surface area contributed by atoms with Gasteiger partial charge in [-0.15, -0.1) is 11.6 Å². The molecule has 0 unspecified atom stereocenters. The predicted octanol–water partition coefficient (Wildman–Crippen LogP) is 4.65. The number of hydrogen-bond acceptors (Lipinski definition) is 2. The van der Waals surface area contributed by atoms with Gasteiger partial charge < -0.3 is 9.47 Å². The lowest BCUT2D eigenvalue weighted by Gasteiger charge is -2.26. The maximum Gasteiger partial charge on any atom is 0.161 e. The molecule has 0 aromatic heterocycles. The lowest BCUT2D eigenvalue weighted by molar-refractivity contribution is 0.210. The first-order valence-electron chi connectivity index (χ1n) is 7.20. The van der Waals surface area contributed by atoms with Gasteiger partial charge in [0.2, 0.25) is 0 Å². The molecule has 0 heterocycles. The highest BCUT2D eigenvalue weighted by molar-refractivity contribution is 6.18. The van der Waals surface area contributed by atoms with Crippen LogP contribution in [0.15, 0.2) is 24.3 Å². The summed E-state index contributed by atoms with van der Waals surface area (Å²) in [5.41, 5.74) is 0.308. The third kappa shape index (κ3) is 3.79. The Hall–Kier alpha value is -0.890. The van der Waals surface area contributed by atoms with Gasteiger partial charge in [-0.3, -0.25) is 0 Å². The molecule has 0 saturated heterocycles. The van der Waals surface area contributed by atoms with Gasteiger partial charge in [-0.05, 0) is 43.7 Å². The average Bonchev–Trinajstić information content (AvgIpc) is 2.90. The van der Waals surface area contributed by atoms with Crippen molar-refractivity contribution in [3.05, 3.63) is 24.3 Å². The van der Waals surface area contributed by atoms with E-state index in [-0.39, 0.29) is 0 Å². The summed E-state index contributed by atoms with van der Waals surface area (Å²) in [5, 5.41) is 0. The number of ether oxygens (including phenoxy) is 2. The van der Waals surface area contributed by atoms with Gasteiger partial charge in [0, 0.05) is 5.88 Å². The van der Waals surface area contributed by atoms with Gasteiger partial charge in [0.15, 0.2) is 11.5 Å². The van der Waals surface area contributed by atoms with Crippen LogP contribution in [-0.2, 0) is 0 Å². The van der Waals surface area contributed by atoms with Crippen LogP contribution in [-0.4, -0.2) is 19.1 Å². The summed E-state index contributed by atoms with van der Waals surface area (Å²) in [5.74, 6) is 2.42. The second-order valence-corrected chi connectivity index (χ2v) is 5.59. The first kappa shape index (κ1) is 14.5. The quantitative estimate of drug-likeness (QED) is 0.678. The molecule has 0 atom stereocenters. The van der Waals surface area contributed by atoms with Crippen LogP contribution in [0, 0.1) is 5.41 Å². The van der Waals surface area contributed by atoms with Crippen molar-refractivity contribution in [2.45, 2.75) is 39.0 Å². The highest BCUT2D eigenvalue weighted by Crippen LogP contribution is 2.42. The van der Waals surface area contributed by atoms with Crippen molar-refractivity contribution in [3.8, 4) is 11.5 Å². The number of alkyl halides is 1. The van der Waals surface area contributed by atoms with Gasteiger partial charge in [-0.2, -0.15) is 0 Å². The molecule has 19 heavy (non-hydrogen) atoms. The van der Waals surface area contributed by atoms with Gasteiger partial charge >= 0.3 is 0 Å². The number of halogens is 1. The topological polar surface area (TPSA) is 18.5 Å². The van der Waals surface area contributed by atoms with Gasteiger partial charge in [0.05, 0.1) is 13.2 Å². The van der Waals surface area contributed by atoms with E-state index in [1.165, 1.54) is 25.7 Å². The first-order chi connectivity index (χ1) is 9.29. The van der Waals surface area contributed by atoms with Crippen molar-refractivity contribution in [1.82, 2.24) is 0 Å². The molecule has 3 heteroatoms. The van der Waals surface area contributed by atoms with Crippen molar-refractivity contribution in [2.75, 3.05) is 19.1 Å². The second-order valence-electron chi connectivity index (χ2n) is 5.32. The maximum absolute atomic E-state index is 6.15. The van der Waals surface area contributed by atoms with E-state index in [2.05, 4.69) is 0 Å². The SMILES string of the molecule is CCOc1ccccc1OCCC1(CCl)CCCC1. The van der Waals surface area contributed by atoms with E-state index in [0.717, 1.165) is 30.4 Å². The minimum absolute atomic E-state index is 0.308. The van der Waals surface area contributed by atoms with E-state index < -0.39 is 0 Å². The van der Waals surface area contributed by atoms with Gasteiger partial charge in [0.1, 0.15) is 0 Å². The van der Waals surface area contributed by atoms with Crippen molar-refractivity contribution < 1.29 is 9.47 Å². The molecule has 1 aliphatic carbocycles. The lowest BCUT2D eigenvalue weighted by Crippen LogP contribution is -2.21. The van der Waals surface area contributed by atoms with Crippen molar-refractivity contribution in [2.24, 2.45) is 5.41 Å². The molecule has 1 aromatic rings. The molecule has 0 spiro atoms. The maximum atomic E-state index is 6.15. The summed E-state index contributed by atoms with van der Waals surface area (Å²) in [4.78, 5) is 0. The molecule has 2 rings (SSSR count). The molecule has 0 N–H and O–H groups in total. The third-order valence-corrected chi connectivity index (χ3v) is 4.55. The van der Waals surface area contributed by atoms with E-state index in [1.807, 2.05) is 31.2 Å². The Labute approximate surface area is 121 Å². The molecule has 0 amide bonds. The Morgan fingerprint density at radius 3 is 2.32 bits per heavy atom. The molecule has 0 aliphatic heterocycles. The molecular weight excluding hydrogens is 260 g/mol. The molecule has 2 nitrogen and oxygen atoms in total. The zero-order valence-electron chi connectivity index (χ0n) is 11.7. The first-order valence-corrected chi connectivity index (χ1v) is 7.74. The number of para-hydroxylation sites is 2. The van der Waals surface area contributed by atoms with Gasteiger partial charge in [-0.1, -0.05) is 25.0 Å². The second kappa shape index (κ2) is 7.04. The molecule has 0 radical (unpaired) electrons. The Kier molecular flexibility index (Phi) is 5.38. The molecule has 106 valence electrons. The fourth-order valence-corrected chi connectivity index (χ4v) is 3.20. The van der Waals surface area contributed by atoms with Crippen LogP contribution in [0.3, 0.4) is 0 Å². The Morgan fingerprint density at radius 2 is 1.74 bits per heavy atom. The summed E-state index contributed by atoms with van der Waals surface area (Å²) in [6, 6.07) is 7.86. The van der Waals surface area contributed by atoms with E-state index in [1.54, 1.807) is 0 Å². The van der Waals surface area contributed by atoms with Crippen LogP contribution in [0.1, 0.15) is 39.0 Å². The standard InChI is InChI=1S/C16H23ClO2/c1-2-18-14-7-3-4-8-15(14)19-12-11-16(13-17)9-5-6-10-16/h3-4,7-8H,2,5-6,9-13H2,1H3. The van der Waals surface area contributed by atoms with Crippen molar-refractivity contribution in [1.29, 1.82) is 0 Å². The predicted molar refractivity (Wildman–Crippen MR) is 79.3 cm³/mol. The zero-order chi connectivity index (χ0) is 13.6. The zero-order valence-corrected chi connectivity index (χ0v) is 12.4. The number of benzene rings is 1. The summed E-state index contributed by atoms with van der Waals surface area (Å²) in [7, 11) is 0. The fourth-order valence-electron chi connectivity index (χ4n) is 2.80. The smallest absolute Gasteiger partial charge is 0.161 e. The van der Waals surface area contributed by atoms with E-state index in [0.29, 0.717) is 12.0 Å². The summed E-state index contributed by atoms with van der Waals surface area (Å²) in [6.07, 6.45) is 6.14. The number of hydrogen-bond donors (Lipinski definition) is 0. The molecule has 1 aromatic carbocycles. The molecular formula is C16H23ClO2. The van der Waals surface area contributed by atoms with Crippen molar-refractivity contribution in [3.63, 3.8) is 0 Å². The molecule has 1 saturated carbocycles. The Balaban J connectivity index is 1.88. The normalized spacial score (nSPS) is 17.4. The fraction of sp³-hybridized carbons (Fsp3) is 0.625. The van der Waals surface area contributed by atoms with Crippen molar-refractivity contribution >= 4 is 11.6 Å². The monoisotopic (exact) mass is 282 g/mol. The number of rotatable bonds is 7. The highest BCUT2D eigenvalue weighted by Gasteiger charge is 2.32. The molecule has 0 bridgehead atoms. The summed E-state index contributed by atoms with van der Waals surface area (Å²) in [6.45, 7) is 3.36. The van der Waals surface area contributed by atoms with Crippen LogP contribution < -0.4 is 9.47 Å². The minimum Gasteiger partial charge on any atom is -0.490 e. The average molecular weight is 283 g/mol. The van der Waals surface area contributed by atoms with Crippen LogP contribution in [0.25, 0.3) is 0 Å². The summed E-state index contributed by atoms with van der Waals surface area (Å²) < 4.78 is 11.5. The van der Waals surface area contributed by atoms with Crippen LogP contribution >= 0.6 is 11.6 Å². The van der Waals surface area contributed by atoms with Gasteiger partial charge in [-0.25, -0.2) is 0 Å². The molecule has 1 fully saturated rings. The van der Waals surface area contributed by atoms with Gasteiger partial charge in [0.25, 0.3) is 0 Å². The van der Waals surface area contributed by atoms with Crippen LogP contribution in [0.5, 0.6) is 11.5 Å². The van der Waals surface area contributed by atoms with E-state index >= 15 is 0 Å². The van der Waals surface area contributed by atoms with Crippen LogP contribution in [0.4, 0.5) is 0 Å². The lowest BCUT2D eigenvalue weighted by atomic mass is 9.85. The Morgan fingerprint density at radius 1 is 1.11 bits per heavy atom. The van der Waals surface area contributed by atoms with Crippen LogP contribution in [0.2, 0.25) is 0 Å². The summed E-state index contributed by atoms with van der Waals surface area (Å²) >= 11 is 6.15. The largest absolute Gasteiger partial charge is 0.490 e. The minimum atomic E-state index is 0.308. The molecule has 1 aliphatic rings. The third-order valence-electron chi connectivity index (χ3n) is 3.99. The van der Waals surface area contributed by atoms with E-state index in [9.17, 15) is 0 Å². The van der Waals surface area contributed by atoms with E-state index in [4.69, 9.17) is 21.1 Å². The highest BCUT2D eigenvalue weighted by atomic mass is 35.5.